The van der Waals surface area contributed by atoms with Gasteiger partial charge < -0.3 is 9.15 Å². The lowest BCUT2D eigenvalue weighted by Gasteiger charge is -2.14. The van der Waals surface area contributed by atoms with Crippen LogP contribution in [0.25, 0.3) is 0 Å². The SMILES string of the molecule is Cc1coc(C2C[N+](Cl)(Cl)C(C)O2)c1. The van der Waals surface area contributed by atoms with E-state index in [4.69, 9.17) is 32.7 Å². The van der Waals surface area contributed by atoms with Gasteiger partial charge in [0.25, 0.3) is 0 Å². The lowest BCUT2D eigenvalue weighted by molar-refractivity contribution is -0.720. The van der Waals surface area contributed by atoms with E-state index in [1.807, 2.05) is 19.9 Å². The van der Waals surface area contributed by atoms with Crippen LogP contribution < -0.4 is 0 Å². The number of halogens is 2. The normalized spacial score (nSPS) is 30.9. The van der Waals surface area contributed by atoms with Crippen molar-refractivity contribution in [2.45, 2.75) is 26.2 Å². The number of rotatable bonds is 1. The van der Waals surface area contributed by atoms with Crippen molar-refractivity contribution in [1.29, 1.82) is 0 Å². The minimum Gasteiger partial charge on any atom is -0.466 e. The fourth-order valence-corrected chi connectivity index (χ4v) is 1.86. The second kappa shape index (κ2) is 3.42. The maximum atomic E-state index is 6.01. The Morgan fingerprint density at radius 1 is 1.50 bits per heavy atom. The van der Waals surface area contributed by atoms with E-state index in [-0.39, 0.29) is 15.9 Å². The predicted molar refractivity (Wildman–Crippen MR) is 53.6 cm³/mol. The van der Waals surface area contributed by atoms with Gasteiger partial charge in [0.05, 0.1) is 6.26 Å². The van der Waals surface area contributed by atoms with Gasteiger partial charge >= 0.3 is 0 Å². The molecule has 2 atom stereocenters. The summed E-state index contributed by atoms with van der Waals surface area (Å²) < 4.78 is 10.8. The second-order valence-corrected chi connectivity index (χ2v) is 4.99. The van der Waals surface area contributed by atoms with Crippen LogP contribution in [-0.4, -0.2) is 16.3 Å². The van der Waals surface area contributed by atoms with Crippen molar-refractivity contribution in [3.63, 3.8) is 0 Å². The molecule has 0 bridgehead atoms. The minimum absolute atomic E-state index is 0.145. The number of nitrogens with zero attached hydrogens (tertiary/aromatic N) is 1. The van der Waals surface area contributed by atoms with Gasteiger partial charge in [0.2, 0.25) is 6.23 Å². The van der Waals surface area contributed by atoms with Gasteiger partial charge in [-0.2, -0.15) is 0 Å². The molecule has 1 aromatic heterocycles. The van der Waals surface area contributed by atoms with E-state index >= 15 is 0 Å². The number of quaternary nitrogens is 1. The van der Waals surface area contributed by atoms with Crippen LogP contribution in [0.4, 0.5) is 0 Å². The van der Waals surface area contributed by atoms with Crippen LogP contribution in [0.1, 0.15) is 24.4 Å². The van der Waals surface area contributed by atoms with E-state index in [9.17, 15) is 0 Å². The molecule has 2 unspecified atom stereocenters. The second-order valence-electron chi connectivity index (χ2n) is 3.61. The third kappa shape index (κ3) is 1.77. The molecule has 1 aromatic rings. The number of aryl methyl sites for hydroxylation is 1. The molecule has 0 spiro atoms. The van der Waals surface area contributed by atoms with Gasteiger partial charge in [-0.3, -0.25) is 0 Å². The van der Waals surface area contributed by atoms with Gasteiger partial charge in [-0.05, 0) is 18.6 Å². The molecule has 0 aliphatic carbocycles. The summed E-state index contributed by atoms with van der Waals surface area (Å²) in [6.45, 7) is 4.32. The molecule has 1 fully saturated rings. The maximum absolute atomic E-state index is 6.01. The fraction of sp³-hybridized carbons (Fsp3) is 0.556. The van der Waals surface area contributed by atoms with E-state index in [2.05, 4.69) is 0 Å². The largest absolute Gasteiger partial charge is 0.466 e. The zero-order valence-corrected chi connectivity index (χ0v) is 9.55. The summed E-state index contributed by atoms with van der Waals surface area (Å²) >= 11 is 12.0. The van der Waals surface area contributed by atoms with Crippen LogP contribution in [0.5, 0.6) is 0 Å². The highest BCUT2D eigenvalue weighted by molar-refractivity contribution is 6.23. The summed E-state index contributed by atoms with van der Waals surface area (Å²) in [6.07, 6.45) is 1.32. The molecule has 3 nitrogen and oxygen atoms in total. The van der Waals surface area contributed by atoms with Crippen molar-refractivity contribution in [1.82, 2.24) is 0 Å². The van der Waals surface area contributed by atoms with Gasteiger partial charge in [-0.15, -0.1) is 0 Å². The van der Waals surface area contributed by atoms with Gasteiger partial charge in [0.1, 0.15) is 12.3 Å². The Bertz CT molecular complexity index is 337. The third-order valence-electron chi connectivity index (χ3n) is 2.37. The van der Waals surface area contributed by atoms with E-state index in [1.165, 1.54) is 0 Å². The molecular weight excluding hydrogens is 225 g/mol. The smallest absolute Gasteiger partial charge is 0.224 e. The Kier molecular flexibility index (Phi) is 2.52. The number of hydrogen-bond acceptors (Lipinski definition) is 2. The van der Waals surface area contributed by atoms with Crippen molar-refractivity contribution in [3.05, 3.63) is 23.7 Å². The average molecular weight is 237 g/mol. The molecule has 1 saturated heterocycles. The van der Waals surface area contributed by atoms with Crippen molar-refractivity contribution in [2.75, 3.05) is 6.54 Å². The van der Waals surface area contributed by atoms with Crippen molar-refractivity contribution >= 4 is 23.6 Å². The van der Waals surface area contributed by atoms with Crippen LogP contribution >= 0.6 is 23.6 Å². The molecule has 78 valence electrons. The number of furan rings is 1. The Hall–Kier alpha value is -0.220. The highest BCUT2D eigenvalue weighted by Crippen LogP contribution is 2.39. The van der Waals surface area contributed by atoms with E-state index in [1.54, 1.807) is 6.26 Å². The molecule has 0 saturated carbocycles. The molecule has 14 heavy (non-hydrogen) atoms. The van der Waals surface area contributed by atoms with E-state index in [0.717, 1.165) is 11.3 Å². The Morgan fingerprint density at radius 3 is 2.64 bits per heavy atom. The zero-order valence-electron chi connectivity index (χ0n) is 8.04. The van der Waals surface area contributed by atoms with Crippen LogP contribution in [0.3, 0.4) is 0 Å². The van der Waals surface area contributed by atoms with Gasteiger partial charge in [-0.1, -0.05) is 3.52 Å². The van der Waals surface area contributed by atoms with Crippen LogP contribution in [0.15, 0.2) is 16.7 Å². The molecule has 2 heterocycles. The first-order valence-corrected chi connectivity index (χ1v) is 5.14. The zero-order chi connectivity index (χ0) is 10.3. The summed E-state index contributed by atoms with van der Waals surface area (Å²) in [7, 11) is 0. The van der Waals surface area contributed by atoms with Gasteiger partial charge in [-0.25, -0.2) is 0 Å². The van der Waals surface area contributed by atoms with Gasteiger partial charge in [0.15, 0.2) is 29.7 Å². The Balaban J connectivity index is 2.16. The van der Waals surface area contributed by atoms with Gasteiger partial charge in [0, 0.05) is 6.92 Å². The Morgan fingerprint density at radius 2 is 2.21 bits per heavy atom. The lowest BCUT2D eigenvalue weighted by Crippen LogP contribution is -2.30. The Labute approximate surface area is 93.0 Å². The quantitative estimate of drug-likeness (QED) is 0.700. The van der Waals surface area contributed by atoms with Crippen LogP contribution in [0.2, 0.25) is 0 Å². The predicted octanol–water partition coefficient (Wildman–Crippen LogP) is 3.13. The third-order valence-corrected chi connectivity index (χ3v) is 3.20. The summed E-state index contributed by atoms with van der Waals surface area (Å²) in [5.74, 6) is 0.788. The van der Waals surface area contributed by atoms with E-state index < -0.39 is 0 Å². The number of ether oxygens (including phenoxy) is 1. The molecule has 1 aliphatic heterocycles. The minimum atomic E-state index is -0.228. The molecule has 1 aliphatic rings. The molecule has 0 radical (unpaired) electrons. The molecule has 2 rings (SSSR count). The lowest BCUT2D eigenvalue weighted by atomic mass is 10.2. The standard InChI is InChI=1S/C9H12Cl2NO2/c1-6-3-8(13-5-6)9-4-12(10,11)7(2)14-9/h3,5,7,9H,4H2,1-2H3/q+1. The average Bonchev–Trinajstić information content (AvgIpc) is 2.58. The monoisotopic (exact) mass is 236 g/mol. The maximum Gasteiger partial charge on any atom is 0.224 e. The molecule has 0 amide bonds. The van der Waals surface area contributed by atoms with E-state index in [0.29, 0.717) is 6.54 Å². The first-order valence-electron chi connectivity index (χ1n) is 4.46. The van der Waals surface area contributed by atoms with Crippen LogP contribution in [-0.2, 0) is 4.74 Å². The molecular formula is C9H12Cl2NO2+. The fourth-order valence-electron chi connectivity index (χ4n) is 1.52. The summed E-state index contributed by atoms with van der Waals surface area (Å²) in [5, 5.41) is 0. The summed E-state index contributed by atoms with van der Waals surface area (Å²) in [5.41, 5.74) is 1.07. The molecule has 0 N–H and O–H groups in total. The molecule has 0 aromatic carbocycles. The first-order chi connectivity index (χ1) is 6.49. The van der Waals surface area contributed by atoms with Crippen molar-refractivity contribution in [3.8, 4) is 0 Å². The number of hydrogen-bond donors (Lipinski definition) is 0. The highest BCUT2D eigenvalue weighted by Gasteiger charge is 2.47. The van der Waals surface area contributed by atoms with Crippen LogP contribution in [0, 0.1) is 6.92 Å². The molecule has 5 heteroatoms. The topological polar surface area (TPSA) is 22.4 Å². The summed E-state index contributed by atoms with van der Waals surface area (Å²) in [4.78, 5) is 0. The first kappa shape index (κ1) is 10.3. The summed E-state index contributed by atoms with van der Waals surface area (Å²) in [6, 6.07) is 1.94. The van der Waals surface area contributed by atoms with Crippen molar-refractivity contribution < 1.29 is 12.7 Å². The van der Waals surface area contributed by atoms with Crippen molar-refractivity contribution in [2.24, 2.45) is 0 Å². The highest BCUT2D eigenvalue weighted by atomic mass is 35.5.